The number of unbranched alkanes of at least 4 members (excludes halogenated alkanes) is 1. The maximum Gasteiger partial charge on any atom is 0.349 e. The minimum atomic E-state index is -0.964. The van der Waals surface area contributed by atoms with E-state index in [2.05, 4.69) is 22.9 Å². The van der Waals surface area contributed by atoms with Crippen LogP contribution < -0.4 is 9.47 Å². The van der Waals surface area contributed by atoms with E-state index < -0.39 is 11.8 Å². The Hall–Kier alpha value is -1.23. The van der Waals surface area contributed by atoms with Gasteiger partial charge in [-0.15, -0.1) is 0 Å². The van der Waals surface area contributed by atoms with E-state index in [-0.39, 0.29) is 0 Å². The third kappa shape index (κ3) is 3.03. The lowest BCUT2D eigenvalue weighted by atomic mass is 10.1. The van der Waals surface area contributed by atoms with E-state index >= 15 is 0 Å². The number of carbonyl (C=O) groups is 1. The van der Waals surface area contributed by atoms with Crippen LogP contribution >= 0.6 is 15.9 Å². The van der Waals surface area contributed by atoms with Gasteiger partial charge >= 0.3 is 5.97 Å². The van der Waals surface area contributed by atoms with E-state index in [1.54, 1.807) is 19.9 Å². The average Bonchev–Trinajstić information content (AvgIpc) is 2.31. The number of halogens is 1. The maximum atomic E-state index is 12.1. The van der Waals surface area contributed by atoms with Gasteiger partial charge in [-0.3, -0.25) is 0 Å². The van der Waals surface area contributed by atoms with Gasteiger partial charge in [-0.1, -0.05) is 13.3 Å². The van der Waals surface area contributed by atoms with Gasteiger partial charge in [0.1, 0.15) is 11.3 Å². The zero-order chi connectivity index (χ0) is 14.0. The van der Waals surface area contributed by atoms with Crippen LogP contribution in [0.4, 0.5) is 0 Å². The van der Waals surface area contributed by atoms with E-state index in [0.717, 1.165) is 17.3 Å². The number of rotatable bonds is 4. The van der Waals surface area contributed by atoms with Gasteiger partial charge in [0, 0.05) is 13.8 Å². The van der Waals surface area contributed by atoms with Crippen molar-refractivity contribution in [2.45, 2.75) is 39.4 Å². The van der Waals surface area contributed by atoms with Crippen molar-refractivity contribution in [3.63, 3.8) is 0 Å². The van der Waals surface area contributed by atoms with Gasteiger partial charge in [0.15, 0.2) is 5.75 Å². The molecular formula is C14H17BrO4. The standard InChI is InChI=1S/C14H17BrO4/c1-4-5-8-17-10-7-6-9(15)12-11(10)13(16)19-14(2,3)18-12/h6-7H,4-5,8H2,1-3H3. The average molecular weight is 329 g/mol. The summed E-state index contributed by atoms with van der Waals surface area (Å²) in [7, 11) is 0. The largest absolute Gasteiger partial charge is 0.493 e. The molecule has 2 rings (SSSR count). The molecule has 19 heavy (non-hydrogen) atoms. The first-order valence-corrected chi connectivity index (χ1v) is 7.11. The van der Waals surface area contributed by atoms with Crippen LogP contribution in [-0.4, -0.2) is 18.4 Å². The molecule has 0 amide bonds. The van der Waals surface area contributed by atoms with Crippen molar-refractivity contribution in [2.24, 2.45) is 0 Å². The highest BCUT2D eigenvalue weighted by atomic mass is 79.9. The van der Waals surface area contributed by atoms with Gasteiger partial charge in [-0.2, -0.15) is 0 Å². The lowest BCUT2D eigenvalue weighted by Gasteiger charge is -2.32. The molecule has 1 aliphatic heterocycles. The Morgan fingerprint density at radius 1 is 1.32 bits per heavy atom. The Balaban J connectivity index is 2.36. The van der Waals surface area contributed by atoms with Crippen molar-refractivity contribution in [1.29, 1.82) is 0 Å². The fourth-order valence-electron chi connectivity index (χ4n) is 1.82. The van der Waals surface area contributed by atoms with E-state index in [0.29, 0.717) is 23.7 Å². The number of carbonyl (C=O) groups excluding carboxylic acids is 1. The zero-order valence-corrected chi connectivity index (χ0v) is 12.9. The fraction of sp³-hybridized carbons (Fsp3) is 0.500. The highest BCUT2D eigenvalue weighted by Gasteiger charge is 2.37. The van der Waals surface area contributed by atoms with Crippen LogP contribution in [0.1, 0.15) is 44.0 Å². The highest BCUT2D eigenvalue weighted by molar-refractivity contribution is 9.10. The first kappa shape index (κ1) is 14.2. The molecular weight excluding hydrogens is 312 g/mol. The monoisotopic (exact) mass is 328 g/mol. The van der Waals surface area contributed by atoms with Crippen LogP contribution in [0.2, 0.25) is 0 Å². The minimum Gasteiger partial charge on any atom is -0.493 e. The second-order valence-corrected chi connectivity index (χ2v) is 5.70. The molecule has 0 saturated carbocycles. The normalized spacial score (nSPS) is 16.3. The lowest BCUT2D eigenvalue weighted by molar-refractivity contribution is -0.128. The van der Waals surface area contributed by atoms with Crippen LogP contribution in [0.15, 0.2) is 16.6 Å². The number of esters is 1. The molecule has 0 fully saturated rings. The van der Waals surface area contributed by atoms with E-state index in [1.165, 1.54) is 0 Å². The van der Waals surface area contributed by atoms with Crippen molar-refractivity contribution in [3.05, 3.63) is 22.2 Å². The molecule has 0 saturated heterocycles. The topological polar surface area (TPSA) is 44.8 Å². The Morgan fingerprint density at radius 3 is 2.74 bits per heavy atom. The number of benzene rings is 1. The second-order valence-electron chi connectivity index (χ2n) is 4.84. The Bertz CT molecular complexity index is 496. The summed E-state index contributed by atoms with van der Waals surface area (Å²) in [4.78, 5) is 12.1. The number of hydrogen-bond donors (Lipinski definition) is 0. The summed E-state index contributed by atoms with van der Waals surface area (Å²) >= 11 is 3.39. The summed E-state index contributed by atoms with van der Waals surface area (Å²) in [6.45, 7) is 6.05. The summed E-state index contributed by atoms with van der Waals surface area (Å²) in [6, 6.07) is 3.57. The SMILES string of the molecule is CCCCOc1ccc(Br)c2c1C(=O)OC(C)(C)O2. The fourth-order valence-corrected chi connectivity index (χ4v) is 2.23. The van der Waals surface area contributed by atoms with Crippen LogP contribution in [0.25, 0.3) is 0 Å². The van der Waals surface area contributed by atoms with E-state index in [1.807, 2.05) is 6.07 Å². The number of fused-ring (bicyclic) bond motifs is 1. The van der Waals surface area contributed by atoms with Gasteiger partial charge in [0.25, 0.3) is 0 Å². The predicted molar refractivity (Wildman–Crippen MR) is 74.7 cm³/mol. The van der Waals surface area contributed by atoms with Gasteiger partial charge in [-0.05, 0) is 34.5 Å². The van der Waals surface area contributed by atoms with Crippen LogP contribution in [0.3, 0.4) is 0 Å². The first-order chi connectivity index (χ1) is 8.94. The first-order valence-electron chi connectivity index (χ1n) is 6.32. The molecule has 0 spiro atoms. The molecule has 5 heteroatoms. The van der Waals surface area contributed by atoms with Crippen LogP contribution in [0, 0.1) is 0 Å². The molecule has 1 aliphatic rings. The lowest BCUT2D eigenvalue weighted by Crippen LogP contribution is -2.39. The molecule has 0 radical (unpaired) electrons. The molecule has 1 heterocycles. The molecule has 1 aromatic carbocycles. The third-order valence-corrected chi connectivity index (χ3v) is 3.34. The molecule has 4 nitrogen and oxygen atoms in total. The summed E-state index contributed by atoms with van der Waals surface area (Å²) in [6.07, 6.45) is 1.97. The molecule has 0 aromatic heterocycles. The maximum absolute atomic E-state index is 12.1. The summed E-state index contributed by atoms with van der Waals surface area (Å²) in [5.74, 6) is -0.393. The number of cyclic esters (lactones) is 1. The Labute approximate surface area is 121 Å². The molecule has 1 aromatic rings. The predicted octanol–water partition coefficient (Wildman–Crippen LogP) is 3.91. The Kier molecular flexibility index (Phi) is 4.04. The minimum absolute atomic E-state index is 0.352. The smallest absolute Gasteiger partial charge is 0.349 e. The molecule has 0 aliphatic carbocycles. The molecule has 0 unspecified atom stereocenters. The summed E-state index contributed by atoms with van der Waals surface area (Å²) in [5.41, 5.74) is 0.352. The summed E-state index contributed by atoms with van der Waals surface area (Å²) in [5, 5.41) is 0. The number of hydrogen-bond acceptors (Lipinski definition) is 4. The molecule has 0 N–H and O–H groups in total. The third-order valence-electron chi connectivity index (χ3n) is 2.72. The van der Waals surface area contributed by atoms with Gasteiger partial charge < -0.3 is 14.2 Å². The van der Waals surface area contributed by atoms with Gasteiger partial charge in [-0.25, -0.2) is 4.79 Å². The van der Waals surface area contributed by atoms with Gasteiger partial charge in [0.05, 0.1) is 11.1 Å². The quantitative estimate of drug-likeness (QED) is 0.620. The molecule has 0 bridgehead atoms. The Morgan fingerprint density at radius 2 is 2.05 bits per heavy atom. The van der Waals surface area contributed by atoms with Crippen molar-refractivity contribution in [3.8, 4) is 11.5 Å². The van der Waals surface area contributed by atoms with Gasteiger partial charge in [0.2, 0.25) is 5.79 Å². The van der Waals surface area contributed by atoms with Crippen molar-refractivity contribution in [1.82, 2.24) is 0 Å². The van der Waals surface area contributed by atoms with E-state index in [9.17, 15) is 4.79 Å². The molecule has 0 atom stereocenters. The number of ether oxygens (including phenoxy) is 3. The van der Waals surface area contributed by atoms with Crippen molar-refractivity contribution >= 4 is 21.9 Å². The van der Waals surface area contributed by atoms with Crippen molar-refractivity contribution < 1.29 is 19.0 Å². The summed E-state index contributed by atoms with van der Waals surface area (Å²) < 4.78 is 17.3. The second kappa shape index (κ2) is 5.41. The van der Waals surface area contributed by atoms with Crippen LogP contribution in [-0.2, 0) is 4.74 Å². The zero-order valence-electron chi connectivity index (χ0n) is 11.3. The van der Waals surface area contributed by atoms with E-state index in [4.69, 9.17) is 14.2 Å². The molecule has 104 valence electrons. The highest BCUT2D eigenvalue weighted by Crippen LogP contribution is 2.42. The van der Waals surface area contributed by atoms with Crippen LogP contribution in [0.5, 0.6) is 11.5 Å². The van der Waals surface area contributed by atoms with Crippen molar-refractivity contribution in [2.75, 3.05) is 6.61 Å².